The molecule has 0 amide bonds. The lowest BCUT2D eigenvalue weighted by molar-refractivity contribution is 0.483. The zero-order valence-electron chi connectivity index (χ0n) is 10.5. The van der Waals surface area contributed by atoms with Gasteiger partial charge >= 0.3 is 10.1 Å². The fraction of sp³-hybridized carbons (Fsp3) is 0. The maximum atomic E-state index is 12.5. The van der Waals surface area contributed by atoms with Gasteiger partial charge in [0, 0.05) is 4.47 Å². The van der Waals surface area contributed by atoms with E-state index in [4.69, 9.17) is 50.6 Å². The van der Waals surface area contributed by atoms with E-state index in [1.165, 1.54) is 0 Å². The number of rotatable bonds is 3. The summed E-state index contributed by atoms with van der Waals surface area (Å²) in [6.07, 6.45) is 0. The molecular weight excluding hydrogens is 606 g/mol. The molecule has 3 nitrogen and oxygen atoms in total. The Morgan fingerprint density at radius 2 is 1.35 bits per heavy atom. The summed E-state index contributed by atoms with van der Waals surface area (Å²) in [6.45, 7) is 0. The molecule has 0 bridgehead atoms. The molecule has 23 heavy (non-hydrogen) atoms. The Morgan fingerprint density at radius 1 is 0.826 bits per heavy atom. The molecule has 2 aromatic rings. The average molecular weight is 609 g/mol. The zero-order chi connectivity index (χ0) is 17.5. The Morgan fingerprint density at radius 3 is 1.87 bits per heavy atom. The Hall–Kier alpha value is 0.790. The van der Waals surface area contributed by atoms with Crippen LogP contribution in [0, 0.1) is 0 Å². The molecule has 0 unspecified atom stereocenters. The highest BCUT2D eigenvalue weighted by Gasteiger charge is 2.27. The van der Waals surface area contributed by atoms with Gasteiger partial charge in [-0.2, -0.15) is 8.42 Å². The lowest BCUT2D eigenvalue weighted by Crippen LogP contribution is -2.11. The van der Waals surface area contributed by atoms with Crippen molar-refractivity contribution >= 4 is 104 Å². The second-order valence-electron chi connectivity index (χ2n) is 4.03. The van der Waals surface area contributed by atoms with Crippen LogP contribution in [0.25, 0.3) is 0 Å². The second kappa shape index (κ2) is 7.58. The molecule has 0 saturated carbocycles. The zero-order valence-corrected chi connectivity index (χ0v) is 19.1. The van der Waals surface area contributed by atoms with E-state index in [1.807, 2.05) is 0 Å². The third kappa shape index (κ3) is 4.31. The Labute approximate surface area is 177 Å². The van der Waals surface area contributed by atoms with E-state index in [2.05, 4.69) is 47.8 Å². The molecule has 11 heteroatoms. The van der Waals surface area contributed by atoms with Crippen LogP contribution in [0.4, 0.5) is 0 Å². The van der Waals surface area contributed by atoms with E-state index >= 15 is 0 Å². The SMILES string of the molecule is O=S(=O)(Oc1c(Br)cc(Br)cc1Br)c1cc(Cl)c(Cl)c(Cl)c1Cl. The summed E-state index contributed by atoms with van der Waals surface area (Å²) < 4.78 is 31.7. The summed E-state index contributed by atoms with van der Waals surface area (Å²) in [5.41, 5.74) is 0. The van der Waals surface area contributed by atoms with Crippen molar-refractivity contribution in [3.8, 4) is 5.75 Å². The van der Waals surface area contributed by atoms with Gasteiger partial charge in [-0.25, -0.2) is 0 Å². The minimum Gasteiger partial charge on any atom is -0.376 e. The van der Waals surface area contributed by atoms with Crippen LogP contribution in [0.15, 0.2) is 36.5 Å². The van der Waals surface area contributed by atoms with Crippen molar-refractivity contribution in [1.82, 2.24) is 0 Å². The van der Waals surface area contributed by atoms with Gasteiger partial charge in [0.1, 0.15) is 4.90 Å². The molecule has 0 radical (unpaired) electrons. The first kappa shape index (κ1) is 20.1. The van der Waals surface area contributed by atoms with Crippen molar-refractivity contribution in [2.75, 3.05) is 0 Å². The van der Waals surface area contributed by atoms with Gasteiger partial charge in [0.2, 0.25) is 0 Å². The Bertz CT molecular complexity index is 880. The van der Waals surface area contributed by atoms with Crippen LogP contribution in [0.1, 0.15) is 0 Å². The third-order valence-electron chi connectivity index (χ3n) is 2.49. The van der Waals surface area contributed by atoms with Gasteiger partial charge in [-0.05, 0) is 50.1 Å². The minimum atomic E-state index is -4.30. The Kier molecular flexibility index (Phi) is 6.62. The summed E-state index contributed by atoms with van der Waals surface area (Å²) >= 11 is 33.3. The van der Waals surface area contributed by atoms with Gasteiger partial charge in [0.25, 0.3) is 0 Å². The highest BCUT2D eigenvalue weighted by Crippen LogP contribution is 2.42. The number of benzene rings is 2. The maximum absolute atomic E-state index is 12.5. The second-order valence-corrected chi connectivity index (χ2v) is 9.71. The molecule has 0 fully saturated rings. The van der Waals surface area contributed by atoms with Crippen LogP contribution in [-0.2, 0) is 10.1 Å². The van der Waals surface area contributed by atoms with Gasteiger partial charge < -0.3 is 4.18 Å². The number of halogens is 7. The average Bonchev–Trinajstić information content (AvgIpc) is 2.44. The molecule has 0 N–H and O–H groups in total. The van der Waals surface area contributed by atoms with Crippen LogP contribution in [-0.4, -0.2) is 8.42 Å². The number of hydrogen-bond acceptors (Lipinski definition) is 3. The molecule has 0 aromatic heterocycles. The fourth-order valence-corrected chi connectivity index (χ4v) is 6.41. The molecule has 124 valence electrons. The monoisotopic (exact) mass is 604 g/mol. The molecule has 2 aromatic carbocycles. The highest BCUT2D eigenvalue weighted by molar-refractivity contribution is 9.11. The fourth-order valence-electron chi connectivity index (χ4n) is 1.50. The van der Waals surface area contributed by atoms with E-state index in [0.717, 1.165) is 10.5 Å². The van der Waals surface area contributed by atoms with Crippen molar-refractivity contribution < 1.29 is 12.6 Å². The summed E-state index contributed by atoms with van der Waals surface area (Å²) in [5.74, 6) is 0.0476. The summed E-state index contributed by atoms with van der Waals surface area (Å²) in [6, 6.07) is 4.33. The van der Waals surface area contributed by atoms with Crippen molar-refractivity contribution in [1.29, 1.82) is 0 Å². The van der Waals surface area contributed by atoms with Crippen molar-refractivity contribution in [2.45, 2.75) is 4.90 Å². The van der Waals surface area contributed by atoms with Gasteiger partial charge in [-0.1, -0.05) is 62.3 Å². The predicted octanol–water partition coefficient (Wildman–Crippen LogP) is 7.36. The summed E-state index contributed by atoms with van der Waals surface area (Å²) in [4.78, 5) is -0.389. The Balaban J connectivity index is 2.58. The highest BCUT2D eigenvalue weighted by atomic mass is 79.9. The predicted molar refractivity (Wildman–Crippen MR) is 104 cm³/mol. The van der Waals surface area contributed by atoms with Crippen LogP contribution in [0.2, 0.25) is 20.1 Å². The lowest BCUT2D eigenvalue weighted by Gasteiger charge is -2.13. The van der Waals surface area contributed by atoms with E-state index in [0.29, 0.717) is 8.95 Å². The maximum Gasteiger partial charge on any atom is 0.340 e. The van der Waals surface area contributed by atoms with E-state index in [-0.39, 0.29) is 30.7 Å². The van der Waals surface area contributed by atoms with Crippen LogP contribution >= 0.6 is 94.2 Å². The quantitative estimate of drug-likeness (QED) is 0.208. The third-order valence-corrected chi connectivity index (χ3v) is 7.24. The van der Waals surface area contributed by atoms with Crippen molar-refractivity contribution in [3.05, 3.63) is 51.7 Å². The number of hydrogen-bond donors (Lipinski definition) is 0. The van der Waals surface area contributed by atoms with Crippen LogP contribution in [0.5, 0.6) is 5.75 Å². The van der Waals surface area contributed by atoms with Gasteiger partial charge in [-0.15, -0.1) is 0 Å². The van der Waals surface area contributed by atoms with Crippen LogP contribution in [0.3, 0.4) is 0 Å². The van der Waals surface area contributed by atoms with E-state index in [1.54, 1.807) is 12.1 Å². The first-order valence-electron chi connectivity index (χ1n) is 5.46. The molecule has 2 rings (SSSR count). The molecule has 0 aliphatic rings. The van der Waals surface area contributed by atoms with Gasteiger partial charge in [0.15, 0.2) is 5.75 Å². The largest absolute Gasteiger partial charge is 0.376 e. The van der Waals surface area contributed by atoms with Gasteiger partial charge in [0.05, 0.1) is 29.0 Å². The lowest BCUT2D eigenvalue weighted by atomic mass is 10.3. The molecule has 0 aliphatic carbocycles. The van der Waals surface area contributed by atoms with E-state index in [9.17, 15) is 8.42 Å². The van der Waals surface area contributed by atoms with Crippen molar-refractivity contribution in [3.63, 3.8) is 0 Å². The minimum absolute atomic E-state index is 0.0386. The molecule has 0 spiro atoms. The smallest absolute Gasteiger partial charge is 0.340 e. The molecular formula is C12H3Br3Cl4O3S. The first-order chi connectivity index (χ1) is 10.5. The molecule has 0 heterocycles. The molecule has 0 saturated heterocycles. The molecule has 0 aliphatic heterocycles. The van der Waals surface area contributed by atoms with Crippen molar-refractivity contribution in [2.24, 2.45) is 0 Å². The van der Waals surface area contributed by atoms with Crippen LogP contribution < -0.4 is 4.18 Å². The standard InChI is InChI=1S/C12H3Br3Cl4O3S/c13-4-1-5(14)12(6(15)2-4)22-23(20,21)8-3-7(16)9(17)11(19)10(8)18/h1-3H. The molecule has 0 atom stereocenters. The normalized spacial score (nSPS) is 11.6. The first-order valence-corrected chi connectivity index (χ1v) is 10.8. The van der Waals surface area contributed by atoms with Gasteiger partial charge in [-0.3, -0.25) is 0 Å². The summed E-state index contributed by atoms with van der Waals surface area (Å²) in [7, 11) is -4.30. The topological polar surface area (TPSA) is 43.4 Å². The summed E-state index contributed by atoms with van der Waals surface area (Å²) in [5, 5.41) is -0.539. The van der Waals surface area contributed by atoms with E-state index < -0.39 is 10.1 Å².